The topological polar surface area (TPSA) is 87.9 Å². The van der Waals surface area contributed by atoms with Gasteiger partial charge in [-0.05, 0) is 24.3 Å². The zero-order valence-corrected chi connectivity index (χ0v) is 12.9. The number of carbonyl (C=O) groups excluding carboxylic acids is 1. The Hall–Kier alpha value is -3.16. The van der Waals surface area contributed by atoms with Crippen molar-refractivity contribution >= 4 is 11.7 Å². The lowest BCUT2D eigenvalue weighted by molar-refractivity contribution is -0.384. The van der Waals surface area contributed by atoms with E-state index in [0.717, 1.165) is 6.07 Å². The average molecular weight is 335 g/mol. The van der Waals surface area contributed by atoms with Gasteiger partial charge in [0.2, 0.25) is 0 Å². The lowest BCUT2D eigenvalue weighted by atomic mass is 10.1. The number of hydrogen-bond donors (Lipinski definition) is 0. The van der Waals surface area contributed by atoms with Crippen molar-refractivity contribution in [2.75, 3.05) is 14.2 Å². The van der Waals surface area contributed by atoms with Gasteiger partial charge in [0, 0.05) is 17.7 Å². The third-order valence-corrected chi connectivity index (χ3v) is 3.22. The van der Waals surface area contributed by atoms with Gasteiger partial charge < -0.3 is 14.2 Å². The quantitative estimate of drug-likeness (QED) is 0.458. The lowest BCUT2D eigenvalue weighted by Crippen LogP contribution is -2.08. The van der Waals surface area contributed by atoms with Crippen molar-refractivity contribution in [3.63, 3.8) is 0 Å². The van der Waals surface area contributed by atoms with Crippen molar-refractivity contribution in [1.29, 1.82) is 0 Å². The van der Waals surface area contributed by atoms with Gasteiger partial charge in [-0.25, -0.2) is 9.18 Å². The number of ether oxygens (including phenoxy) is 3. The zero-order valence-electron chi connectivity index (χ0n) is 12.9. The molecule has 0 aliphatic rings. The van der Waals surface area contributed by atoms with Gasteiger partial charge in [0.05, 0.1) is 19.1 Å². The fraction of sp³-hybridized carbons (Fsp3) is 0.188. The normalized spacial score (nSPS) is 10.1. The van der Waals surface area contributed by atoms with E-state index in [1.54, 1.807) is 0 Å². The molecule has 8 heteroatoms. The molecule has 0 bridgehead atoms. The maximum atomic E-state index is 13.3. The standard InChI is InChI=1S/C16H14FNO6/c1-22-14-5-3-11(17)7-10(14)9-24-16(19)13-8-12(18(20)21)4-6-15(13)23-2/h3-8H,9H2,1-2H3. The molecule has 2 rings (SSSR count). The molecule has 2 aromatic carbocycles. The van der Waals surface area contributed by atoms with Gasteiger partial charge >= 0.3 is 5.97 Å². The van der Waals surface area contributed by atoms with Crippen molar-refractivity contribution in [2.24, 2.45) is 0 Å². The van der Waals surface area contributed by atoms with E-state index in [9.17, 15) is 19.3 Å². The molecule has 0 amide bonds. The molecule has 0 radical (unpaired) electrons. The minimum absolute atomic E-state index is 0.0953. The van der Waals surface area contributed by atoms with E-state index in [4.69, 9.17) is 14.2 Å². The number of carbonyl (C=O) groups is 1. The number of non-ortho nitro benzene ring substituents is 1. The summed E-state index contributed by atoms with van der Waals surface area (Å²) < 4.78 is 28.5. The highest BCUT2D eigenvalue weighted by molar-refractivity contribution is 5.93. The van der Waals surface area contributed by atoms with Crippen LogP contribution < -0.4 is 9.47 Å². The second-order valence-electron chi connectivity index (χ2n) is 4.67. The minimum Gasteiger partial charge on any atom is -0.496 e. The van der Waals surface area contributed by atoms with Crippen molar-refractivity contribution < 1.29 is 28.3 Å². The van der Waals surface area contributed by atoms with Crippen LogP contribution in [-0.4, -0.2) is 25.1 Å². The molecule has 0 atom stereocenters. The second kappa shape index (κ2) is 7.40. The predicted molar refractivity (Wildman–Crippen MR) is 81.7 cm³/mol. The van der Waals surface area contributed by atoms with Crippen LogP contribution in [0.15, 0.2) is 36.4 Å². The third-order valence-electron chi connectivity index (χ3n) is 3.22. The fourth-order valence-electron chi connectivity index (χ4n) is 2.05. The Balaban J connectivity index is 2.22. The van der Waals surface area contributed by atoms with E-state index >= 15 is 0 Å². The average Bonchev–Trinajstić information content (AvgIpc) is 2.59. The van der Waals surface area contributed by atoms with Gasteiger partial charge in [0.25, 0.3) is 5.69 Å². The summed E-state index contributed by atoms with van der Waals surface area (Å²) in [6.45, 7) is -0.258. The van der Waals surface area contributed by atoms with Crippen molar-refractivity contribution in [2.45, 2.75) is 6.61 Å². The molecule has 0 heterocycles. The molecule has 24 heavy (non-hydrogen) atoms. The van der Waals surface area contributed by atoms with Gasteiger partial charge in [0.1, 0.15) is 29.5 Å². The van der Waals surface area contributed by atoms with E-state index in [1.807, 2.05) is 0 Å². The van der Waals surface area contributed by atoms with Gasteiger partial charge in [-0.3, -0.25) is 10.1 Å². The smallest absolute Gasteiger partial charge is 0.342 e. The highest BCUT2D eigenvalue weighted by Crippen LogP contribution is 2.26. The van der Waals surface area contributed by atoms with Crippen LogP contribution in [0.5, 0.6) is 11.5 Å². The van der Waals surface area contributed by atoms with E-state index in [0.29, 0.717) is 11.3 Å². The molecule has 0 spiro atoms. The Bertz CT molecular complexity index is 777. The number of benzene rings is 2. The molecule has 7 nitrogen and oxygen atoms in total. The van der Waals surface area contributed by atoms with Crippen LogP contribution >= 0.6 is 0 Å². The Morgan fingerprint density at radius 3 is 2.42 bits per heavy atom. The molecule has 0 aliphatic heterocycles. The van der Waals surface area contributed by atoms with Crippen LogP contribution in [0.4, 0.5) is 10.1 Å². The second-order valence-corrected chi connectivity index (χ2v) is 4.67. The van der Waals surface area contributed by atoms with E-state index < -0.39 is 16.7 Å². The first kappa shape index (κ1) is 17.2. The van der Waals surface area contributed by atoms with Crippen molar-refractivity contribution in [3.8, 4) is 11.5 Å². The molecule has 0 saturated heterocycles. The minimum atomic E-state index is -0.832. The highest BCUT2D eigenvalue weighted by atomic mass is 19.1. The molecule has 126 valence electrons. The molecule has 0 unspecified atom stereocenters. The fourth-order valence-corrected chi connectivity index (χ4v) is 2.05. The summed E-state index contributed by atoms with van der Waals surface area (Å²) >= 11 is 0. The summed E-state index contributed by atoms with van der Waals surface area (Å²) in [6, 6.07) is 7.38. The first-order valence-electron chi connectivity index (χ1n) is 6.78. The Morgan fingerprint density at radius 1 is 1.12 bits per heavy atom. The Morgan fingerprint density at radius 2 is 1.79 bits per heavy atom. The first-order valence-corrected chi connectivity index (χ1v) is 6.78. The van der Waals surface area contributed by atoms with Crippen LogP contribution in [0.25, 0.3) is 0 Å². The van der Waals surface area contributed by atoms with Crippen LogP contribution in [0, 0.1) is 15.9 Å². The molecule has 0 aliphatic carbocycles. The number of rotatable bonds is 6. The summed E-state index contributed by atoms with van der Waals surface area (Å²) in [5.41, 5.74) is -0.0385. The number of nitrogens with zero attached hydrogens (tertiary/aromatic N) is 1. The molecule has 0 aromatic heterocycles. The third kappa shape index (κ3) is 3.78. The first-order chi connectivity index (χ1) is 11.5. The van der Waals surface area contributed by atoms with Crippen LogP contribution in [-0.2, 0) is 11.3 Å². The summed E-state index contributed by atoms with van der Waals surface area (Å²) in [6.07, 6.45) is 0. The number of nitro benzene ring substituents is 1. The largest absolute Gasteiger partial charge is 0.496 e. The summed E-state index contributed by atoms with van der Waals surface area (Å²) in [7, 11) is 2.73. The molecular weight excluding hydrogens is 321 g/mol. The molecular formula is C16H14FNO6. The molecule has 0 N–H and O–H groups in total. The van der Waals surface area contributed by atoms with Gasteiger partial charge in [-0.2, -0.15) is 0 Å². The molecule has 2 aromatic rings. The van der Waals surface area contributed by atoms with Crippen LogP contribution in [0.2, 0.25) is 0 Å². The number of esters is 1. The number of hydrogen-bond acceptors (Lipinski definition) is 6. The number of nitro groups is 1. The highest BCUT2D eigenvalue weighted by Gasteiger charge is 2.19. The van der Waals surface area contributed by atoms with E-state index in [1.165, 1.54) is 44.6 Å². The van der Waals surface area contributed by atoms with Crippen LogP contribution in [0.1, 0.15) is 15.9 Å². The Labute approximate surface area is 136 Å². The predicted octanol–water partition coefficient (Wildman–Crippen LogP) is 3.11. The number of halogens is 1. The molecule has 0 fully saturated rings. The Kier molecular flexibility index (Phi) is 5.31. The van der Waals surface area contributed by atoms with Gasteiger partial charge in [0.15, 0.2) is 0 Å². The van der Waals surface area contributed by atoms with Crippen molar-refractivity contribution in [1.82, 2.24) is 0 Å². The summed E-state index contributed by atoms with van der Waals surface area (Å²) in [5.74, 6) is -0.844. The zero-order chi connectivity index (χ0) is 17.7. The van der Waals surface area contributed by atoms with E-state index in [2.05, 4.69) is 0 Å². The van der Waals surface area contributed by atoms with Gasteiger partial charge in [-0.1, -0.05) is 0 Å². The van der Waals surface area contributed by atoms with Gasteiger partial charge in [-0.15, -0.1) is 0 Å². The van der Waals surface area contributed by atoms with Crippen molar-refractivity contribution in [3.05, 3.63) is 63.5 Å². The van der Waals surface area contributed by atoms with E-state index in [-0.39, 0.29) is 23.6 Å². The maximum Gasteiger partial charge on any atom is 0.342 e. The summed E-state index contributed by atoms with van der Waals surface area (Å²) in [5, 5.41) is 10.8. The summed E-state index contributed by atoms with van der Waals surface area (Å²) in [4.78, 5) is 22.4. The SMILES string of the molecule is COc1ccc(F)cc1COC(=O)c1cc([N+](=O)[O-])ccc1OC. The van der Waals surface area contributed by atoms with Crippen LogP contribution in [0.3, 0.4) is 0 Å². The lowest BCUT2D eigenvalue weighted by Gasteiger charge is -2.11. The monoisotopic (exact) mass is 335 g/mol. The maximum absolute atomic E-state index is 13.3. The molecule has 0 saturated carbocycles. The number of methoxy groups -OCH3 is 2.